The highest BCUT2D eigenvalue weighted by molar-refractivity contribution is 5.41. The zero-order chi connectivity index (χ0) is 15.3. The van der Waals surface area contributed by atoms with Crippen LogP contribution in [0.25, 0.3) is 5.69 Å². The minimum atomic E-state index is 0.116. The number of nitrogens with zero attached hydrogens (tertiary/aromatic N) is 3. The maximum absolute atomic E-state index is 9.03. The fourth-order valence-corrected chi connectivity index (χ4v) is 2.35. The maximum Gasteiger partial charge on any atom is 0.138 e. The Morgan fingerprint density at radius 1 is 1.33 bits per heavy atom. The number of hydrogen-bond donors (Lipinski definition) is 2. The van der Waals surface area contributed by atoms with Gasteiger partial charge in [0.15, 0.2) is 0 Å². The van der Waals surface area contributed by atoms with Gasteiger partial charge in [0.25, 0.3) is 0 Å². The first-order valence-corrected chi connectivity index (χ1v) is 7.28. The molecule has 21 heavy (non-hydrogen) atoms. The number of nitrogens with one attached hydrogen (secondary N) is 1. The van der Waals surface area contributed by atoms with E-state index in [2.05, 4.69) is 54.4 Å². The molecule has 2 aromatic rings. The summed E-state index contributed by atoms with van der Waals surface area (Å²) >= 11 is 0. The van der Waals surface area contributed by atoms with Crippen molar-refractivity contribution in [2.45, 2.75) is 33.7 Å². The topological polar surface area (TPSA) is 63.0 Å². The summed E-state index contributed by atoms with van der Waals surface area (Å²) < 4.78 is 1.77. The Balaban J connectivity index is 1.95. The Hall–Kier alpha value is -1.72. The molecule has 2 rings (SSSR count). The van der Waals surface area contributed by atoms with Crippen molar-refractivity contribution in [3.05, 3.63) is 42.0 Å². The summed E-state index contributed by atoms with van der Waals surface area (Å²) in [6.45, 7) is 8.35. The van der Waals surface area contributed by atoms with Crippen molar-refractivity contribution in [1.82, 2.24) is 20.1 Å². The van der Waals surface area contributed by atoms with Crippen LogP contribution in [0, 0.1) is 12.3 Å². The van der Waals surface area contributed by atoms with Gasteiger partial charge in [0.1, 0.15) is 12.7 Å². The molecule has 114 valence electrons. The van der Waals surface area contributed by atoms with E-state index in [-0.39, 0.29) is 12.0 Å². The van der Waals surface area contributed by atoms with Crippen molar-refractivity contribution in [2.75, 3.05) is 13.2 Å². The highest BCUT2D eigenvalue weighted by Crippen LogP contribution is 2.19. The molecule has 0 unspecified atom stereocenters. The highest BCUT2D eigenvalue weighted by Gasteiger charge is 2.16. The number of aromatic nitrogens is 3. The van der Waals surface area contributed by atoms with Crippen molar-refractivity contribution < 1.29 is 5.11 Å². The first-order chi connectivity index (χ1) is 10.0. The normalized spacial score (nSPS) is 11.8. The molecule has 0 saturated heterocycles. The lowest BCUT2D eigenvalue weighted by Crippen LogP contribution is -2.29. The van der Waals surface area contributed by atoms with Crippen LogP contribution in [0.15, 0.2) is 30.9 Å². The molecule has 0 spiro atoms. The van der Waals surface area contributed by atoms with Crippen LogP contribution >= 0.6 is 0 Å². The first-order valence-electron chi connectivity index (χ1n) is 7.28. The Morgan fingerprint density at radius 2 is 2.14 bits per heavy atom. The van der Waals surface area contributed by atoms with Crippen LogP contribution < -0.4 is 5.32 Å². The monoisotopic (exact) mass is 288 g/mol. The van der Waals surface area contributed by atoms with Crippen molar-refractivity contribution in [2.24, 2.45) is 5.41 Å². The number of benzene rings is 1. The summed E-state index contributed by atoms with van der Waals surface area (Å²) in [5.74, 6) is 0. The van der Waals surface area contributed by atoms with Gasteiger partial charge in [0.05, 0.1) is 5.69 Å². The van der Waals surface area contributed by atoms with Gasteiger partial charge in [0, 0.05) is 19.7 Å². The maximum atomic E-state index is 9.03. The van der Waals surface area contributed by atoms with Crippen LogP contribution in [-0.4, -0.2) is 33.0 Å². The van der Waals surface area contributed by atoms with E-state index < -0.39 is 0 Å². The summed E-state index contributed by atoms with van der Waals surface area (Å²) in [7, 11) is 0. The average Bonchev–Trinajstić information content (AvgIpc) is 2.92. The lowest BCUT2D eigenvalue weighted by atomic mass is 9.90. The van der Waals surface area contributed by atoms with Crippen LogP contribution in [0.1, 0.15) is 31.4 Å². The molecule has 0 aliphatic heterocycles. The van der Waals surface area contributed by atoms with Gasteiger partial charge in [-0.05, 0) is 36.0 Å². The van der Waals surface area contributed by atoms with Gasteiger partial charge in [-0.3, -0.25) is 0 Å². The zero-order valence-corrected chi connectivity index (χ0v) is 13.0. The summed E-state index contributed by atoms with van der Waals surface area (Å²) in [6.07, 6.45) is 4.06. The Bertz CT molecular complexity index is 564. The molecule has 0 atom stereocenters. The van der Waals surface area contributed by atoms with Crippen LogP contribution in [0.3, 0.4) is 0 Å². The van der Waals surface area contributed by atoms with Gasteiger partial charge in [-0.1, -0.05) is 26.0 Å². The molecular formula is C16H24N4O. The van der Waals surface area contributed by atoms with Gasteiger partial charge >= 0.3 is 0 Å². The van der Waals surface area contributed by atoms with E-state index in [4.69, 9.17) is 5.11 Å². The van der Waals surface area contributed by atoms with Crippen LogP contribution in [0.4, 0.5) is 0 Å². The highest BCUT2D eigenvalue weighted by atomic mass is 16.3. The van der Waals surface area contributed by atoms with E-state index in [1.54, 1.807) is 11.0 Å². The quantitative estimate of drug-likeness (QED) is 0.819. The number of aryl methyl sites for hydroxylation is 1. The predicted molar refractivity (Wildman–Crippen MR) is 83.3 cm³/mol. The molecule has 0 radical (unpaired) electrons. The molecule has 1 heterocycles. The fraction of sp³-hybridized carbons (Fsp3) is 0.500. The molecule has 0 aliphatic rings. The van der Waals surface area contributed by atoms with Gasteiger partial charge in [-0.15, -0.1) is 0 Å². The van der Waals surface area contributed by atoms with Crippen molar-refractivity contribution >= 4 is 0 Å². The van der Waals surface area contributed by atoms with Crippen molar-refractivity contribution in [3.63, 3.8) is 0 Å². The second-order valence-corrected chi connectivity index (χ2v) is 6.20. The molecule has 5 heteroatoms. The van der Waals surface area contributed by atoms with Crippen LogP contribution in [0.5, 0.6) is 0 Å². The van der Waals surface area contributed by atoms with Gasteiger partial charge < -0.3 is 10.4 Å². The Labute approximate surface area is 126 Å². The molecule has 0 bridgehead atoms. The number of hydrogen-bond acceptors (Lipinski definition) is 4. The van der Waals surface area contributed by atoms with Gasteiger partial charge in [0.2, 0.25) is 0 Å². The second-order valence-electron chi connectivity index (χ2n) is 6.20. The van der Waals surface area contributed by atoms with E-state index in [1.807, 2.05) is 0 Å². The summed E-state index contributed by atoms with van der Waals surface area (Å²) in [5.41, 5.74) is 3.59. The molecule has 0 amide bonds. The number of aliphatic hydroxyl groups excluding tert-OH is 1. The van der Waals surface area contributed by atoms with Crippen LogP contribution in [-0.2, 0) is 6.54 Å². The van der Waals surface area contributed by atoms with Gasteiger partial charge in [-0.2, -0.15) is 5.10 Å². The lowest BCUT2D eigenvalue weighted by molar-refractivity contribution is 0.207. The molecular weight excluding hydrogens is 264 g/mol. The molecule has 0 aliphatic carbocycles. The lowest BCUT2D eigenvalue weighted by Gasteiger charge is -2.24. The average molecular weight is 288 g/mol. The third kappa shape index (κ3) is 4.37. The third-order valence-electron chi connectivity index (χ3n) is 3.65. The summed E-state index contributed by atoms with van der Waals surface area (Å²) in [6, 6.07) is 6.35. The number of aliphatic hydroxyl groups is 1. The predicted octanol–water partition coefficient (Wildman–Crippen LogP) is 2.07. The smallest absolute Gasteiger partial charge is 0.138 e. The molecule has 0 fully saturated rings. The van der Waals surface area contributed by atoms with Gasteiger partial charge in [-0.25, -0.2) is 9.67 Å². The Morgan fingerprint density at radius 3 is 2.76 bits per heavy atom. The SMILES string of the molecule is Cc1cc(CNCC(C)(C)CCO)ccc1-n1cncn1. The molecule has 1 aromatic carbocycles. The molecule has 2 N–H and O–H groups in total. The summed E-state index contributed by atoms with van der Waals surface area (Å²) in [4.78, 5) is 3.98. The first kappa shape index (κ1) is 15.7. The molecule has 5 nitrogen and oxygen atoms in total. The van der Waals surface area contributed by atoms with Crippen LogP contribution in [0.2, 0.25) is 0 Å². The Kier molecular flexibility index (Phi) is 5.09. The minimum Gasteiger partial charge on any atom is -0.396 e. The second kappa shape index (κ2) is 6.83. The van der Waals surface area contributed by atoms with Crippen molar-refractivity contribution in [1.29, 1.82) is 0 Å². The zero-order valence-electron chi connectivity index (χ0n) is 13.0. The fourth-order valence-electron chi connectivity index (χ4n) is 2.35. The minimum absolute atomic E-state index is 0.116. The van der Waals surface area contributed by atoms with E-state index in [1.165, 1.54) is 17.5 Å². The number of rotatable bonds is 7. The standard InChI is InChI=1S/C16H24N4O/c1-13-8-14(9-17-10-16(2,3)6-7-21)4-5-15(13)20-12-18-11-19-20/h4-5,8,11-12,17,21H,6-7,9-10H2,1-3H3. The molecule has 0 saturated carbocycles. The van der Waals surface area contributed by atoms with Crippen molar-refractivity contribution in [3.8, 4) is 5.69 Å². The van der Waals surface area contributed by atoms with E-state index >= 15 is 0 Å². The van der Waals surface area contributed by atoms with E-state index in [0.29, 0.717) is 0 Å². The van der Waals surface area contributed by atoms with E-state index in [0.717, 1.165) is 25.2 Å². The largest absolute Gasteiger partial charge is 0.396 e. The third-order valence-corrected chi connectivity index (χ3v) is 3.65. The molecule has 1 aromatic heterocycles. The van der Waals surface area contributed by atoms with E-state index in [9.17, 15) is 0 Å². The summed E-state index contributed by atoms with van der Waals surface area (Å²) in [5, 5.41) is 16.7.